The van der Waals surface area contributed by atoms with E-state index < -0.39 is 20.9 Å². The minimum absolute atomic E-state index is 0.0521. The molecule has 0 aliphatic carbocycles. The van der Waals surface area contributed by atoms with E-state index >= 15 is 0 Å². The Morgan fingerprint density at radius 2 is 1.59 bits per heavy atom. The lowest BCUT2D eigenvalue weighted by atomic mass is 9.87. The van der Waals surface area contributed by atoms with Crippen molar-refractivity contribution in [2.24, 2.45) is 0 Å². The molecule has 2 unspecified atom stereocenters. The average Bonchev–Trinajstić information content (AvgIpc) is 3.69. The molecule has 4 aromatic carbocycles. The van der Waals surface area contributed by atoms with Crippen LogP contribution in [0.15, 0.2) is 83.8 Å². The molecule has 6 rings (SSSR count). The first-order valence-electron chi connectivity index (χ1n) is 17.5. The van der Waals surface area contributed by atoms with Crippen LogP contribution in [0.1, 0.15) is 74.8 Å². The normalized spacial score (nSPS) is 17.0. The number of ether oxygens (including phenoxy) is 1. The van der Waals surface area contributed by atoms with Crippen molar-refractivity contribution in [2.45, 2.75) is 70.0 Å². The van der Waals surface area contributed by atoms with Crippen molar-refractivity contribution in [3.8, 4) is 5.75 Å². The number of nitro benzene ring substituents is 1. The molecule has 0 bridgehead atoms. The molecule has 1 aliphatic heterocycles. The highest BCUT2D eigenvalue weighted by Crippen LogP contribution is 2.35. The number of hydrogen-bond donors (Lipinski definition) is 5. The highest BCUT2D eigenvalue weighted by atomic mass is 35.5. The van der Waals surface area contributed by atoms with Crippen LogP contribution in [0.5, 0.6) is 5.75 Å². The van der Waals surface area contributed by atoms with Crippen LogP contribution in [-0.2, 0) is 23.0 Å². The number of rotatable bonds is 13. The first-order valence-corrected chi connectivity index (χ1v) is 19.3. The molecule has 2 atom stereocenters. The van der Waals surface area contributed by atoms with Gasteiger partial charge in [-0.2, -0.15) is 0 Å². The van der Waals surface area contributed by atoms with E-state index in [1.165, 1.54) is 12.1 Å². The zero-order valence-electron chi connectivity index (χ0n) is 30.2. The van der Waals surface area contributed by atoms with E-state index in [0.717, 1.165) is 63.2 Å². The van der Waals surface area contributed by atoms with Gasteiger partial charge < -0.3 is 15.0 Å². The lowest BCUT2D eigenvalue weighted by molar-refractivity contribution is -0.384. The number of nitrogens with zero attached hydrogens (tertiary/aromatic N) is 1. The molecule has 5 N–H and O–H groups in total. The summed E-state index contributed by atoms with van der Waals surface area (Å²) in [6, 6.07) is 20.7. The predicted octanol–water partition coefficient (Wildman–Crippen LogP) is 6.38. The number of nitro groups is 1. The van der Waals surface area contributed by atoms with Crippen LogP contribution in [0, 0.1) is 24.0 Å². The summed E-state index contributed by atoms with van der Waals surface area (Å²) >= 11 is 6.34. The maximum Gasteiger partial charge on any atom is 0.269 e. The van der Waals surface area contributed by atoms with Crippen molar-refractivity contribution in [3.63, 3.8) is 0 Å². The quantitative estimate of drug-likeness (QED) is 0.0515. The summed E-state index contributed by atoms with van der Waals surface area (Å²) in [6.45, 7) is 8.59. The number of aromatic nitrogens is 1. The third-order valence-corrected chi connectivity index (χ3v) is 11.6. The third kappa shape index (κ3) is 8.26. The number of fused-ring (bicyclic) bond motifs is 1. The summed E-state index contributed by atoms with van der Waals surface area (Å²) in [5.74, 6) is -0.347. The van der Waals surface area contributed by atoms with Gasteiger partial charge in [-0.1, -0.05) is 41.9 Å². The molecule has 0 saturated carbocycles. The van der Waals surface area contributed by atoms with Gasteiger partial charge in [0.25, 0.3) is 27.5 Å². The highest BCUT2D eigenvalue weighted by Gasteiger charge is 2.33. The molecule has 2 heterocycles. The molecule has 1 saturated heterocycles. The second kappa shape index (κ2) is 16.0. The van der Waals surface area contributed by atoms with Gasteiger partial charge in [0.15, 0.2) is 0 Å². The SMILES string of the molecule is Cc1cc(OCCCc2c(C(=O)NCc3cccc(C(=O)NS(=O)(=O)c4ccc([N+](=O)[O-])cc4)c3)[nH]c3c(C4C(C)NNC4C)cccc23)cc(C)c1Cl. The smallest absolute Gasteiger partial charge is 0.269 e. The molecular weight excluding hydrogens is 732 g/mol. The summed E-state index contributed by atoms with van der Waals surface area (Å²) in [4.78, 5) is 40.4. The number of aromatic amines is 1. The number of halogens is 1. The first-order chi connectivity index (χ1) is 25.7. The Balaban J connectivity index is 1.20. The van der Waals surface area contributed by atoms with Gasteiger partial charge >= 0.3 is 0 Å². The van der Waals surface area contributed by atoms with Crippen LogP contribution in [-0.4, -0.2) is 48.8 Å². The number of nitrogens with one attached hydrogen (secondary N) is 5. The van der Waals surface area contributed by atoms with Crippen LogP contribution in [0.2, 0.25) is 5.02 Å². The van der Waals surface area contributed by atoms with Crippen LogP contribution >= 0.6 is 11.6 Å². The van der Waals surface area contributed by atoms with Gasteiger partial charge in [0.2, 0.25) is 0 Å². The molecule has 0 radical (unpaired) electrons. The summed E-state index contributed by atoms with van der Waals surface area (Å²) in [6.07, 6.45) is 1.19. The molecule has 5 aromatic rings. The number of H-pyrrole nitrogens is 1. The standard InChI is InChI=1S/C39H41ClN6O7S/c1-22-18-29(19-23(2)35(22)40)53-17-7-12-32-31-10-6-11-33(34-24(3)43-44-25(34)4)36(31)42-37(32)39(48)41-21-26-8-5-9-27(20-26)38(47)45-54(51,52)30-15-13-28(14-16-30)46(49)50/h5-6,8-11,13-16,18-20,24-25,34,42-44H,7,12,17,21H2,1-4H3,(H,41,48)(H,45,47). The Hall–Kier alpha value is -5.28. The fourth-order valence-corrected chi connectivity index (χ4v) is 8.03. The Morgan fingerprint density at radius 3 is 2.26 bits per heavy atom. The van der Waals surface area contributed by atoms with Gasteiger partial charge in [-0.25, -0.2) is 13.1 Å². The van der Waals surface area contributed by atoms with Crippen LogP contribution in [0.3, 0.4) is 0 Å². The third-order valence-electron chi connectivity index (χ3n) is 9.65. The number of carbonyl (C=O) groups excluding carboxylic acids is 2. The Bertz CT molecular complexity index is 2310. The number of amides is 2. The van der Waals surface area contributed by atoms with Crippen molar-refractivity contribution >= 4 is 50.0 Å². The largest absolute Gasteiger partial charge is 0.494 e. The average molecular weight is 773 g/mol. The van der Waals surface area contributed by atoms with E-state index in [1.54, 1.807) is 12.1 Å². The van der Waals surface area contributed by atoms with Crippen LogP contribution < -0.4 is 25.6 Å². The van der Waals surface area contributed by atoms with Gasteiger partial charge in [-0.15, -0.1) is 0 Å². The first kappa shape index (κ1) is 38.4. The van der Waals surface area contributed by atoms with Crippen molar-refractivity contribution in [3.05, 3.63) is 133 Å². The van der Waals surface area contributed by atoms with E-state index in [0.29, 0.717) is 35.7 Å². The highest BCUT2D eigenvalue weighted by molar-refractivity contribution is 7.90. The van der Waals surface area contributed by atoms with E-state index in [-0.39, 0.29) is 46.6 Å². The summed E-state index contributed by atoms with van der Waals surface area (Å²) in [5.41, 5.74) is 12.1. The summed E-state index contributed by atoms with van der Waals surface area (Å²) in [5, 5.41) is 15.6. The number of hydrogen-bond acceptors (Lipinski definition) is 9. The topological polar surface area (TPSA) is 185 Å². The zero-order chi connectivity index (χ0) is 38.7. The number of sulfonamides is 1. The Labute approximate surface area is 318 Å². The molecule has 13 nitrogen and oxygen atoms in total. The molecule has 1 fully saturated rings. The van der Waals surface area contributed by atoms with E-state index in [2.05, 4.69) is 41.1 Å². The minimum atomic E-state index is -4.31. The molecule has 1 aliphatic rings. The number of aryl methyl sites for hydroxylation is 3. The maximum atomic E-state index is 13.9. The predicted molar refractivity (Wildman–Crippen MR) is 206 cm³/mol. The van der Waals surface area contributed by atoms with Crippen molar-refractivity contribution in [2.75, 3.05) is 6.61 Å². The second-order valence-corrected chi connectivity index (χ2v) is 15.6. The van der Waals surface area contributed by atoms with E-state index in [4.69, 9.17) is 16.3 Å². The number of non-ortho nitro benzene ring substituents is 1. The molecule has 54 heavy (non-hydrogen) atoms. The van der Waals surface area contributed by atoms with Crippen molar-refractivity contribution in [1.29, 1.82) is 0 Å². The fraction of sp³-hybridized carbons (Fsp3) is 0.282. The van der Waals surface area contributed by atoms with Crippen LogP contribution in [0.25, 0.3) is 10.9 Å². The van der Waals surface area contributed by atoms with Gasteiger partial charge in [-0.3, -0.25) is 30.6 Å². The number of para-hydroxylation sites is 1. The number of benzene rings is 4. The fourth-order valence-electron chi connectivity index (χ4n) is 6.95. The summed E-state index contributed by atoms with van der Waals surface area (Å²) in [7, 11) is -4.31. The monoisotopic (exact) mass is 772 g/mol. The number of hydrazine groups is 1. The molecule has 0 spiro atoms. The van der Waals surface area contributed by atoms with Gasteiger partial charge in [0.1, 0.15) is 11.4 Å². The molecule has 2 amide bonds. The number of carbonyl (C=O) groups is 2. The lowest BCUT2D eigenvalue weighted by Gasteiger charge is -2.19. The molecule has 15 heteroatoms. The van der Waals surface area contributed by atoms with Crippen molar-refractivity contribution < 1.29 is 27.7 Å². The second-order valence-electron chi connectivity index (χ2n) is 13.5. The van der Waals surface area contributed by atoms with Crippen LogP contribution in [0.4, 0.5) is 5.69 Å². The van der Waals surface area contributed by atoms with Crippen molar-refractivity contribution in [1.82, 2.24) is 25.9 Å². The maximum absolute atomic E-state index is 13.9. The lowest BCUT2D eigenvalue weighted by Crippen LogP contribution is -2.30. The molecule has 1 aromatic heterocycles. The van der Waals surface area contributed by atoms with Gasteiger partial charge in [0.05, 0.1) is 16.4 Å². The Morgan fingerprint density at radius 1 is 0.926 bits per heavy atom. The molecular formula is C39H41ClN6O7S. The van der Waals surface area contributed by atoms with E-state index in [1.807, 2.05) is 42.8 Å². The molecule has 282 valence electrons. The zero-order valence-corrected chi connectivity index (χ0v) is 31.7. The van der Waals surface area contributed by atoms with Gasteiger partial charge in [0, 0.05) is 58.2 Å². The summed E-state index contributed by atoms with van der Waals surface area (Å²) < 4.78 is 33.7. The van der Waals surface area contributed by atoms with Gasteiger partial charge in [-0.05, 0) is 105 Å². The minimum Gasteiger partial charge on any atom is -0.494 e. The Kier molecular flexibility index (Phi) is 11.4. The van der Waals surface area contributed by atoms with E-state index in [9.17, 15) is 28.1 Å².